The summed E-state index contributed by atoms with van der Waals surface area (Å²) in [6.07, 6.45) is 0.161. The van der Waals surface area contributed by atoms with Gasteiger partial charge in [-0.1, -0.05) is 6.92 Å². The van der Waals surface area contributed by atoms with Gasteiger partial charge in [0.25, 0.3) is 0 Å². The number of nitrogens with one attached hydrogen (secondary N) is 1. The van der Waals surface area contributed by atoms with Gasteiger partial charge in [0, 0.05) is 6.54 Å². The smallest absolute Gasteiger partial charge is 0.326 e. The van der Waals surface area contributed by atoms with Crippen LogP contribution in [0.4, 0.5) is 4.79 Å². The van der Waals surface area contributed by atoms with Crippen LogP contribution in [0.2, 0.25) is 0 Å². The van der Waals surface area contributed by atoms with Crippen molar-refractivity contribution in [2.75, 3.05) is 13.2 Å². The maximum absolute atomic E-state index is 12.2. The van der Waals surface area contributed by atoms with E-state index in [0.717, 1.165) is 0 Å². The number of nitrogens with zero attached hydrogens (tertiary/aromatic N) is 1. The van der Waals surface area contributed by atoms with Crippen molar-refractivity contribution in [3.05, 3.63) is 0 Å². The van der Waals surface area contributed by atoms with E-state index in [1.54, 1.807) is 4.90 Å². The lowest BCUT2D eigenvalue weighted by Crippen LogP contribution is -2.57. The highest BCUT2D eigenvalue weighted by Gasteiger charge is 2.32. The zero-order valence-electron chi connectivity index (χ0n) is 11.7. The highest BCUT2D eigenvalue weighted by atomic mass is 16.5. The molecule has 114 valence electrons. The summed E-state index contributed by atoms with van der Waals surface area (Å²) in [6.45, 7) is 4.55. The molecule has 0 spiro atoms. The average molecular weight is 287 g/mol. The number of carbonyl (C=O) groups excluding carboxylic acids is 2. The molecule has 0 radical (unpaired) electrons. The van der Waals surface area contributed by atoms with Gasteiger partial charge in [-0.3, -0.25) is 4.79 Å². The maximum Gasteiger partial charge on any atom is 0.326 e. The number of amides is 3. The van der Waals surface area contributed by atoms with Gasteiger partial charge in [0.1, 0.15) is 6.04 Å². The van der Waals surface area contributed by atoms with E-state index >= 15 is 0 Å². The zero-order chi connectivity index (χ0) is 15.3. The molecule has 1 aliphatic rings. The van der Waals surface area contributed by atoms with Crippen LogP contribution in [0.25, 0.3) is 0 Å². The standard InChI is InChI=1S/C12H21N3O5/c1-3-8-6-20-7(2)5-15(8)12(19)14-9(11(17)18)4-10(13)16/h7-9H,3-6H2,1-2H3,(H2,13,16)(H,14,19)(H,17,18)/t7?,8?,9-/m1/s1. The number of morpholine rings is 1. The number of ether oxygens (including phenoxy) is 1. The second-order valence-corrected chi connectivity index (χ2v) is 4.87. The van der Waals surface area contributed by atoms with Gasteiger partial charge in [-0.25, -0.2) is 9.59 Å². The van der Waals surface area contributed by atoms with Crippen LogP contribution >= 0.6 is 0 Å². The third-order valence-corrected chi connectivity index (χ3v) is 3.20. The fourth-order valence-corrected chi connectivity index (χ4v) is 2.06. The van der Waals surface area contributed by atoms with Crippen molar-refractivity contribution >= 4 is 17.9 Å². The molecule has 3 atom stereocenters. The number of hydrogen-bond donors (Lipinski definition) is 3. The number of primary amides is 1. The Kier molecular flexibility index (Phi) is 5.75. The molecule has 2 unspecified atom stereocenters. The number of urea groups is 1. The van der Waals surface area contributed by atoms with E-state index in [4.69, 9.17) is 15.6 Å². The molecule has 0 aromatic rings. The molecular weight excluding hydrogens is 266 g/mol. The normalized spacial score (nSPS) is 24.0. The summed E-state index contributed by atoms with van der Waals surface area (Å²) in [5.41, 5.74) is 4.97. The summed E-state index contributed by atoms with van der Waals surface area (Å²) in [7, 11) is 0. The lowest BCUT2D eigenvalue weighted by atomic mass is 10.1. The lowest BCUT2D eigenvalue weighted by molar-refractivity contribution is -0.141. The number of carboxylic acid groups (broad SMARTS) is 1. The van der Waals surface area contributed by atoms with Gasteiger partial charge in [-0.15, -0.1) is 0 Å². The molecule has 1 aliphatic heterocycles. The van der Waals surface area contributed by atoms with Crippen LogP contribution in [0.3, 0.4) is 0 Å². The molecular formula is C12H21N3O5. The van der Waals surface area contributed by atoms with Crippen LogP contribution < -0.4 is 11.1 Å². The second kappa shape index (κ2) is 7.09. The Morgan fingerprint density at radius 3 is 2.65 bits per heavy atom. The van der Waals surface area contributed by atoms with Gasteiger partial charge >= 0.3 is 12.0 Å². The zero-order valence-corrected chi connectivity index (χ0v) is 11.7. The molecule has 1 fully saturated rings. The summed E-state index contributed by atoms with van der Waals surface area (Å²) in [5.74, 6) is -2.06. The van der Waals surface area contributed by atoms with E-state index in [9.17, 15) is 14.4 Å². The molecule has 8 nitrogen and oxygen atoms in total. The van der Waals surface area contributed by atoms with Crippen molar-refractivity contribution in [3.8, 4) is 0 Å². The molecule has 1 rings (SSSR count). The highest BCUT2D eigenvalue weighted by Crippen LogP contribution is 2.14. The van der Waals surface area contributed by atoms with Gasteiger partial charge in [0.2, 0.25) is 5.91 Å². The molecule has 1 saturated heterocycles. The Morgan fingerprint density at radius 1 is 1.50 bits per heavy atom. The molecule has 1 heterocycles. The minimum absolute atomic E-state index is 0.103. The highest BCUT2D eigenvalue weighted by molar-refractivity contribution is 5.87. The number of hydrogen-bond acceptors (Lipinski definition) is 4. The Labute approximate surface area is 117 Å². The number of aliphatic carboxylic acids is 1. The molecule has 4 N–H and O–H groups in total. The van der Waals surface area contributed by atoms with Gasteiger partial charge in [-0.05, 0) is 13.3 Å². The number of rotatable bonds is 5. The monoisotopic (exact) mass is 287 g/mol. The first-order chi connectivity index (χ1) is 9.35. The third kappa shape index (κ3) is 4.37. The van der Waals surface area contributed by atoms with E-state index in [1.807, 2.05) is 13.8 Å². The summed E-state index contributed by atoms with van der Waals surface area (Å²) in [6, 6.07) is -1.93. The summed E-state index contributed by atoms with van der Waals surface area (Å²) in [5, 5.41) is 11.3. The van der Waals surface area contributed by atoms with Crippen LogP contribution in [0.5, 0.6) is 0 Å². The molecule has 0 bridgehead atoms. The molecule has 0 aromatic carbocycles. The van der Waals surface area contributed by atoms with E-state index in [2.05, 4.69) is 5.32 Å². The Bertz CT molecular complexity index is 387. The van der Waals surface area contributed by atoms with Crippen molar-refractivity contribution in [2.45, 2.75) is 44.9 Å². The SMILES string of the molecule is CCC1COC(C)CN1C(=O)N[C@H](CC(N)=O)C(=O)O. The van der Waals surface area contributed by atoms with Crippen molar-refractivity contribution < 1.29 is 24.2 Å². The summed E-state index contributed by atoms with van der Waals surface area (Å²) in [4.78, 5) is 35.5. The van der Waals surface area contributed by atoms with Crippen molar-refractivity contribution in [2.24, 2.45) is 5.73 Å². The fraction of sp³-hybridized carbons (Fsp3) is 0.750. The Hall–Kier alpha value is -1.83. The van der Waals surface area contributed by atoms with Gasteiger partial charge in [0.05, 0.1) is 25.2 Å². The second-order valence-electron chi connectivity index (χ2n) is 4.87. The van der Waals surface area contributed by atoms with Crippen molar-refractivity contribution in [3.63, 3.8) is 0 Å². The Balaban J connectivity index is 2.70. The van der Waals surface area contributed by atoms with Crippen LogP contribution in [-0.4, -0.2) is 59.3 Å². The van der Waals surface area contributed by atoms with Crippen LogP contribution in [-0.2, 0) is 14.3 Å². The van der Waals surface area contributed by atoms with Gasteiger partial charge in [-0.2, -0.15) is 0 Å². The average Bonchev–Trinajstić information content (AvgIpc) is 2.37. The lowest BCUT2D eigenvalue weighted by Gasteiger charge is -2.38. The minimum Gasteiger partial charge on any atom is -0.480 e. The van der Waals surface area contributed by atoms with Gasteiger partial charge < -0.3 is 25.8 Å². The predicted octanol–water partition coefficient (Wildman–Crippen LogP) is -0.476. The van der Waals surface area contributed by atoms with Crippen molar-refractivity contribution in [1.82, 2.24) is 10.2 Å². The number of carboxylic acids is 1. The maximum atomic E-state index is 12.2. The molecule has 8 heteroatoms. The summed E-state index contributed by atoms with van der Waals surface area (Å²) < 4.78 is 5.47. The first kappa shape index (κ1) is 16.2. The van der Waals surface area contributed by atoms with E-state index in [1.165, 1.54) is 0 Å². The molecule has 0 aromatic heterocycles. The first-order valence-electron chi connectivity index (χ1n) is 6.55. The van der Waals surface area contributed by atoms with E-state index in [-0.39, 0.29) is 12.1 Å². The predicted molar refractivity (Wildman–Crippen MR) is 70.0 cm³/mol. The minimum atomic E-state index is -1.31. The molecule has 20 heavy (non-hydrogen) atoms. The fourth-order valence-electron chi connectivity index (χ4n) is 2.06. The van der Waals surface area contributed by atoms with E-state index < -0.39 is 30.4 Å². The topological polar surface area (TPSA) is 122 Å². The Morgan fingerprint density at radius 2 is 2.15 bits per heavy atom. The van der Waals surface area contributed by atoms with Crippen LogP contribution in [0.15, 0.2) is 0 Å². The van der Waals surface area contributed by atoms with Crippen LogP contribution in [0.1, 0.15) is 26.7 Å². The first-order valence-corrected chi connectivity index (χ1v) is 6.55. The largest absolute Gasteiger partial charge is 0.480 e. The number of nitrogens with two attached hydrogens (primary N) is 1. The molecule has 3 amide bonds. The third-order valence-electron chi connectivity index (χ3n) is 3.20. The molecule has 0 aliphatic carbocycles. The number of carbonyl (C=O) groups is 3. The van der Waals surface area contributed by atoms with Crippen LogP contribution in [0, 0.1) is 0 Å². The quantitative estimate of drug-likeness (QED) is 0.630. The summed E-state index contributed by atoms with van der Waals surface area (Å²) >= 11 is 0. The van der Waals surface area contributed by atoms with Crippen molar-refractivity contribution in [1.29, 1.82) is 0 Å². The van der Waals surface area contributed by atoms with Gasteiger partial charge in [0.15, 0.2) is 0 Å². The van der Waals surface area contributed by atoms with E-state index in [0.29, 0.717) is 19.6 Å². The molecule has 0 saturated carbocycles.